The first-order valence-corrected chi connectivity index (χ1v) is 8.58. The lowest BCUT2D eigenvalue weighted by molar-refractivity contribution is 0.0699. The third-order valence-corrected chi connectivity index (χ3v) is 5.45. The fraction of sp³-hybridized carbons (Fsp3) is 0.500. The molecule has 1 unspecified atom stereocenters. The quantitative estimate of drug-likeness (QED) is 0.938. The zero-order chi connectivity index (χ0) is 14.8. The smallest absolute Gasteiger partial charge is 0.337 e. The second-order valence-electron chi connectivity index (χ2n) is 5.46. The van der Waals surface area contributed by atoms with Gasteiger partial charge in [-0.05, 0) is 30.7 Å². The molecule has 112 valence electrons. The van der Waals surface area contributed by atoms with Crippen molar-refractivity contribution in [2.24, 2.45) is 0 Å². The molecule has 3 rings (SSSR count). The summed E-state index contributed by atoms with van der Waals surface area (Å²) in [7, 11) is 0. The fourth-order valence-electron chi connectivity index (χ4n) is 3.00. The monoisotopic (exact) mass is 304 g/mol. The van der Waals surface area contributed by atoms with Gasteiger partial charge in [-0.3, -0.25) is 0 Å². The van der Waals surface area contributed by atoms with Crippen molar-refractivity contribution in [2.75, 3.05) is 5.75 Å². The minimum atomic E-state index is -0.903. The molecule has 1 N–H and O–H groups in total. The van der Waals surface area contributed by atoms with Crippen LogP contribution < -0.4 is 0 Å². The average molecular weight is 304 g/mol. The van der Waals surface area contributed by atoms with Gasteiger partial charge in [0.2, 0.25) is 0 Å². The number of hydrogen-bond acceptors (Lipinski definition) is 3. The van der Waals surface area contributed by atoms with Gasteiger partial charge >= 0.3 is 5.97 Å². The second kappa shape index (κ2) is 6.10. The molecular weight excluding hydrogens is 284 g/mol. The summed E-state index contributed by atoms with van der Waals surface area (Å²) in [6.07, 6.45) is 4.68. The number of aromatic carboxylic acids is 1. The molecule has 5 heteroatoms. The van der Waals surface area contributed by atoms with E-state index in [4.69, 9.17) is 0 Å². The number of imidazole rings is 1. The number of nitrogens with zero attached hydrogens (tertiary/aromatic N) is 2. The Morgan fingerprint density at radius 2 is 2.33 bits per heavy atom. The van der Waals surface area contributed by atoms with E-state index in [2.05, 4.69) is 16.5 Å². The normalized spacial score (nSPS) is 19.0. The standard InChI is InChI=1S/C16H20N2O2S/c1-2-14-17-15-12(16(19)20)7-5-8-13(15)18(14)10-11-6-3-4-9-21-11/h5,7-8,11H,2-4,6,9-10H2,1H3,(H,19,20). The Kier molecular flexibility index (Phi) is 4.19. The largest absolute Gasteiger partial charge is 0.478 e. The second-order valence-corrected chi connectivity index (χ2v) is 6.87. The van der Waals surface area contributed by atoms with E-state index < -0.39 is 5.97 Å². The topological polar surface area (TPSA) is 55.1 Å². The van der Waals surface area contributed by atoms with Gasteiger partial charge in [0, 0.05) is 18.2 Å². The summed E-state index contributed by atoms with van der Waals surface area (Å²) in [6, 6.07) is 5.44. The number of hydrogen-bond donors (Lipinski definition) is 1. The van der Waals surface area contributed by atoms with Crippen molar-refractivity contribution in [3.63, 3.8) is 0 Å². The van der Waals surface area contributed by atoms with E-state index in [-0.39, 0.29) is 0 Å². The summed E-state index contributed by atoms with van der Waals surface area (Å²) in [5.41, 5.74) is 1.89. The van der Waals surface area contributed by atoms with E-state index in [0.29, 0.717) is 16.3 Å². The molecule has 1 aromatic carbocycles. The Hall–Kier alpha value is -1.49. The summed E-state index contributed by atoms with van der Waals surface area (Å²) < 4.78 is 2.23. The first-order chi connectivity index (χ1) is 10.2. The van der Waals surface area contributed by atoms with Crippen molar-refractivity contribution >= 4 is 28.8 Å². The Morgan fingerprint density at radius 1 is 1.48 bits per heavy atom. The number of para-hydroxylation sites is 1. The first kappa shape index (κ1) is 14.4. The van der Waals surface area contributed by atoms with Crippen molar-refractivity contribution in [2.45, 2.75) is 44.4 Å². The lowest BCUT2D eigenvalue weighted by atomic mass is 10.1. The molecule has 1 aromatic heterocycles. The van der Waals surface area contributed by atoms with Crippen LogP contribution in [0.4, 0.5) is 0 Å². The highest BCUT2D eigenvalue weighted by Gasteiger charge is 2.20. The summed E-state index contributed by atoms with van der Waals surface area (Å²) >= 11 is 2.03. The lowest BCUT2D eigenvalue weighted by Crippen LogP contribution is -2.18. The Balaban J connectivity index is 2.03. The molecule has 0 spiro atoms. The van der Waals surface area contributed by atoms with Crippen LogP contribution in [0, 0.1) is 0 Å². The van der Waals surface area contributed by atoms with Crippen molar-refractivity contribution < 1.29 is 9.90 Å². The van der Waals surface area contributed by atoms with E-state index in [1.54, 1.807) is 6.07 Å². The van der Waals surface area contributed by atoms with Crippen molar-refractivity contribution in [1.29, 1.82) is 0 Å². The predicted molar refractivity (Wildman–Crippen MR) is 86.2 cm³/mol. The van der Waals surface area contributed by atoms with Crippen LogP contribution in [-0.4, -0.2) is 31.6 Å². The van der Waals surface area contributed by atoms with Crippen LogP contribution >= 0.6 is 11.8 Å². The zero-order valence-corrected chi connectivity index (χ0v) is 13.0. The third-order valence-electron chi connectivity index (χ3n) is 4.06. The van der Waals surface area contributed by atoms with Gasteiger partial charge < -0.3 is 9.67 Å². The number of carbonyl (C=O) groups is 1. The molecule has 1 aliphatic rings. The van der Waals surface area contributed by atoms with Gasteiger partial charge in [-0.25, -0.2) is 9.78 Å². The number of fused-ring (bicyclic) bond motifs is 1. The molecule has 0 amide bonds. The molecule has 0 radical (unpaired) electrons. The molecular formula is C16H20N2O2S. The van der Waals surface area contributed by atoms with E-state index >= 15 is 0 Å². The zero-order valence-electron chi connectivity index (χ0n) is 12.2. The van der Waals surface area contributed by atoms with Crippen LogP contribution in [0.15, 0.2) is 18.2 Å². The summed E-state index contributed by atoms with van der Waals surface area (Å²) in [4.78, 5) is 16.0. The maximum absolute atomic E-state index is 11.4. The summed E-state index contributed by atoms with van der Waals surface area (Å²) in [5, 5.41) is 9.94. The average Bonchev–Trinajstić information content (AvgIpc) is 2.86. The SMILES string of the molecule is CCc1nc2c(C(=O)O)cccc2n1CC1CCCCS1. The molecule has 1 aliphatic heterocycles. The van der Waals surface area contributed by atoms with E-state index in [1.807, 2.05) is 23.9 Å². The Bertz CT molecular complexity index is 660. The molecule has 0 bridgehead atoms. The molecule has 2 heterocycles. The van der Waals surface area contributed by atoms with Crippen LogP contribution in [0.2, 0.25) is 0 Å². The summed E-state index contributed by atoms with van der Waals surface area (Å²) in [5.74, 6) is 1.32. The number of benzene rings is 1. The molecule has 1 atom stereocenters. The molecule has 1 saturated heterocycles. The van der Waals surface area contributed by atoms with Crippen LogP contribution in [0.3, 0.4) is 0 Å². The first-order valence-electron chi connectivity index (χ1n) is 7.53. The van der Waals surface area contributed by atoms with E-state index in [1.165, 1.54) is 25.0 Å². The van der Waals surface area contributed by atoms with Gasteiger partial charge in [0.05, 0.1) is 11.1 Å². The van der Waals surface area contributed by atoms with Crippen LogP contribution in [0.1, 0.15) is 42.4 Å². The minimum Gasteiger partial charge on any atom is -0.478 e. The molecule has 21 heavy (non-hydrogen) atoms. The number of rotatable bonds is 4. The maximum Gasteiger partial charge on any atom is 0.337 e. The number of carboxylic acid groups (broad SMARTS) is 1. The van der Waals surface area contributed by atoms with Crippen LogP contribution in [0.25, 0.3) is 11.0 Å². The number of aromatic nitrogens is 2. The maximum atomic E-state index is 11.4. The van der Waals surface area contributed by atoms with Gasteiger partial charge in [-0.1, -0.05) is 19.4 Å². The number of thioether (sulfide) groups is 1. The van der Waals surface area contributed by atoms with Gasteiger partial charge in [-0.2, -0.15) is 11.8 Å². The predicted octanol–water partition coefficient (Wildman–Crippen LogP) is 3.58. The van der Waals surface area contributed by atoms with Crippen molar-refractivity contribution in [1.82, 2.24) is 9.55 Å². The molecule has 1 fully saturated rings. The number of carboxylic acids is 1. The van der Waals surface area contributed by atoms with Crippen molar-refractivity contribution in [3.8, 4) is 0 Å². The molecule has 2 aromatic rings. The van der Waals surface area contributed by atoms with E-state index in [9.17, 15) is 9.90 Å². The van der Waals surface area contributed by atoms with Crippen LogP contribution in [-0.2, 0) is 13.0 Å². The van der Waals surface area contributed by atoms with E-state index in [0.717, 1.165) is 24.3 Å². The van der Waals surface area contributed by atoms with Gasteiger partial charge in [-0.15, -0.1) is 0 Å². The Morgan fingerprint density at radius 3 is 3.00 bits per heavy atom. The van der Waals surface area contributed by atoms with Crippen LogP contribution in [0.5, 0.6) is 0 Å². The summed E-state index contributed by atoms with van der Waals surface area (Å²) in [6.45, 7) is 3.01. The van der Waals surface area contributed by atoms with Gasteiger partial charge in [0.25, 0.3) is 0 Å². The fourth-order valence-corrected chi connectivity index (χ4v) is 4.29. The van der Waals surface area contributed by atoms with Gasteiger partial charge in [0.15, 0.2) is 0 Å². The third kappa shape index (κ3) is 2.79. The molecule has 0 aliphatic carbocycles. The van der Waals surface area contributed by atoms with Crippen molar-refractivity contribution in [3.05, 3.63) is 29.6 Å². The molecule has 0 saturated carbocycles. The lowest BCUT2D eigenvalue weighted by Gasteiger charge is -2.22. The highest BCUT2D eigenvalue weighted by atomic mass is 32.2. The Labute approximate surface area is 128 Å². The minimum absolute atomic E-state index is 0.303. The number of aryl methyl sites for hydroxylation is 1. The van der Waals surface area contributed by atoms with Gasteiger partial charge in [0.1, 0.15) is 11.3 Å². The highest BCUT2D eigenvalue weighted by molar-refractivity contribution is 7.99. The highest BCUT2D eigenvalue weighted by Crippen LogP contribution is 2.29. The molecule has 4 nitrogen and oxygen atoms in total.